The number of benzene rings is 1. The summed E-state index contributed by atoms with van der Waals surface area (Å²) in [5, 5.41) is 16.8. The molecule has 20 heavy (non-hydrogen) atoms. The van der Waals surface area contributed by atoms with Gasteiger partial charge in [0.2, 0.25) is 0 Å². The van der Waals surface area contributed by atoms with Crippen molar-refractivity contribution in [3.05, 3.63) is 52.6 Å². The highest BCUT2D eigenvalue weighted by Crippen LogP contribution is 2.15. The van der Waals surface area contributed by atoms with E-state index in [0.717, 1.165) is 11.5 Å². The van der Waals surface area contributed by atoms with Gasteiger partial charge in [0.15, 0.2) is 0 Å². The van der Waals surface area contributed by atoms with E-state index in [2.05, 4.69) is 15.6 Å². The summed E-state index contributed by atoms with van der Waals surface area (Å²) in [5.74, 6) is 1.19. The molecule has 0 radical (unpaired) electrons. The van der Waals surface area contributed by atoms with Gasteiger partial charge in [0.1, 0.15) is 11.6 Å². The molecule has 0 unspecified atom stereocenters. The monoisotopic (exact) mass is 273 g/mol. The first kappa shape index (κ1) is 13.6. The molecule has 0 amide bonds. The zero-order chi connectivity index (χ0) is 14.4. The third-order valence-corrected chi connectivity index (χ3v) is 2.61. The second-order valence-electron chi connectivity index (χ2n) is 4.11. The Morgan fingerprint density at radius 1 is 1.10 bits per heavy atom. The van der Waals surface area contributed by atoms with Crippen molar-refractivity contribution in [2.24, 2.45) is 0 Å². The first-order valence-corrected chi connectivity index (χ1v) is 6.10. The lowest BCUT2D eigenvalue weighted by Crippen LogP contribution is -2.14. The summed E-state index contributed by atoms with van der Waals surface area (Å²) < 4.78 is 0. The summed E-state index contributed by atoms with van der Waals surface area (Å²) in [6.45, 7) is 1.32. The molecule has 104 valence electrons. The Balaban J connectivity index is 1.77. The number of nitro benzene ring substituents is 1. The molecule has 0 saturated carbocycles. The van der Waals surface area contributed by atoms with Gasteiger partial charge in [-0.2, -0.15) is 0 Å². The summed E-state index contributed by atoms with van der Waals surface area (Å²) in [5.41, 5.74) is 6.48. The van der Waals surface area contributed by atoms with Crippen LogP contribution in [0.25, 0.3) is 0 Å². The second-order valence-corrected chi connectivity index (χ2v) is 4.11. The smallest absolute Gasteiger partial charge is 0.269 e. The second kappa shape index (κ2) is 6.37. The number of rotatable bonds is 6. The van der Waals surface area contributed by atoms with Crippen molar-refractivity contribution in [1.29, 1.82) is 0 Å². The molecule has 1 aromatic carbocycles. The molecule has 7 nitrogen and oxygen atoms in total. The van der Waals surface area contributed by atoms with Gasteiger partial charge in [-0.1, -0.05) is 6.07 Å². The minimum atomic E-state index is -0.420. The number of aromatic nitrogens is 1. The Bertz CT molecular complexity index is 586. The van der Waals surface area contributed by atoms with Crippen LogP contribution in [0.5, 0.6) is 0 Å². The third-order valence-electron chi connectivity index (χ3n) is 2.61. The van der Waals surface area contributed by atoms with Gasteiger partial charge in [-0.3, -0.25) is 10.1 Å². The van der Waals surface area contributed by atoms with Crippen molar-refractivity contribution in [3.8, 4) is 0 Å². The highest BCUT2D eigenvalue weighted by atomic mass is 16.6. The summed E-state index contributed by atoms with van der Waals surface area (Å²) in [7, 11) is 0. The number of hydrogen-bond acceptors (Lipinski definition) is 6. The Hall–Kier alpha value is -2.83. The van der Waals surface area contributed by atoms with Crippen LogP contribution in [-0.2, 0) is 0 Å². The fraction of sp³-hybridized carbons (Fsp3) is 0.154. The molecule has 0 saturated heterocycles. The van der Waals surface area contributed by atoms with Crippen molar-refractivity contribution >= 4 is 23.0 Å². The molecule has 0 spiro atoms. The molecule has 0 atom stereocenters. The molecular formula is C13H15N5O2. The number of nitro groups is 1. The number of nitrogens with zero attached hydrogens (tertiary/aromatic N) is 2. The summed E-state index contributed by atoms with van der Waals surface area (Å²) in [4.78, 5) is 14.2. The maximum atomic E-state index is 10.5. The average Bonchev–Trinajstić information content (AvgIpc) is 2.44. The van der Waals surface area contributed by atoms with Crippen molar-refractivity contribution in [3.63, 3.8) is 0 Å². The Morgan fingerprint density at radius 3 is 2.45 bits per heavy atom. The number of nitrogen functional groups attached to an aromatic ring is 1. The van der Waals surface area contributed by atoms with E-state index in [0.29, 0.717) is 18.9 Å². The van der Waals surface area contributed by atoms with Crippen molar-refractivity contribution in [2.45, 2.75) is 0 Å². The number of hydrogen-bond donors (Lipinski definition) is 3. The van der Waals surface area contributed by atoms with Crippen LogP contribution in [-0.4, -0.2) is 23.0 Å². The molecule has 0 aliphatic rings. The molecule has 1 aromatic heterocycles. The average molecular weight is 273 g/mol. The molecule has 0 aliphatic carbocycles. The zero-order valence-electron chi connectivity index (χ0n) is 10.7. The molecular weight excluding hydrogens is 258 g/mol. The first-order valence-electron chi connectivity index (χ1n) is 6.10. The predicted molar refractivity (Wildman–Crippen MR) is 78.7 cm³/mol. The minimum Gasteiger partial charge on any atom is -0.384 e. The van der Waals surface area contributed by atoms with E-state index >= 15 is 0 Å². The van der Waals surface area contributed by atoms with Crippen LogP contribution in [0.1, 0.15) is 0 Å². The van der Waals surface area contributed by atoms with E-state index in [1.165, 1.54) is 12.1 Å². The fourth-order valence-electron chi connectivity index (χ4n) is 1.65. The largest absolute Gasteiger partial charge is 0.384 e. The van der Waals surface area contributed by atoms with E-state index in [4.69, 9.17) is 5.73 Å². The SMILES string of the molecule is Nc1cccc(NCCNc2ccc([N+](=O)[O-])cc2)n1. The van der Waals surface area contributed by atoms with Crippen molar-refractivity contribution in [2.75, 3.05) is 29.5 Å². The van der Waals surface area contributed by atoms with Gasteiger partial charge in [-0.05, 0) is 24.3 Å². The Kier molecular flexibility index (Phi) is 4.33. The van der Waals surface area contributed by atoms with Crippen LogP contribution in [0, 0.1) is 10.1 Å². The van der Waals surface area contributed by atoms with Gasteiger partial charge >= 0.3 is 0 Å². The van der Waals surface area contributed by atoms with Gasteiger partial charge in [0.25, 0.3) is 5.69 Å². The molecule has 2 aromatic rings. The number of pyridine rings is 1. The van der Waals surface area contributed by atoms with E-state index in [-0.39, 0.29) is 5.69 Å². The molecule has 0 bridgehead atoms. The Morgan fingerprint density at radius 2 is 1.80 bits per heavy atom. The van der Waals surface area contributed by atoms with E-state index < -0.39 is 4.92 Å². The maximum Gasteiger partial charge on any atom is 0.269 e. The molecule has 7 heteroatoms. The van der Waals surface area contributed by atoms with Crippen LogP contribution >= 0.6 is 0 Å². The summed E-state index contributed by atoms with van der Waals surface area (Å²) in [6.07, 6.45) is 0. The molecule has 4 N–H and O–H groups in total. The van der Waals surface area contributed by atoms with Crippen LogP contribution in [0.4, 0.5) is 23.0 Å². The van der Waals surface area contributed by atoms with Crippen LogP contribution in [0.15, 0.2) is 42.5 Å². The van der Waals surface area contributed by atoms with E-state index in [9.17, 15) is 10.1 Å². The molecule has 1 heterocycles. The van der Waals surface area contributed by atoms with Crippen LogP contribution in [0.2, 0.25) is 0 Å². The van der Waals surface area contributed by atoms with Crippen LogP contribution in [0.3, 0.4) is 0 Å². The molecule has 0 aliphatic heterocycles. The standard InChI is InChI=1S/C13H15N5O2/c14-12-2-1-3-13(17-12)16-9-8-15-10-4-6-11(7-5-10)18(19)20/h1-7,15H,8-9H2,(H3,14,16,17). The number of nitrogens with two attached hydrogens (primary N) is 1. The normalized spacial score (nSPS) is 10.0. The van der Waals surface area contributed by atoms with E-state index in [1.54, 1.807) is 18.2 Å². The topological polar surface area (TPSA) is 106 Å². The van der Waals surface area contributed by atoms with Gasteiger partial charge in [-0.25, -0.2) is 4.98 Å². The van der Waals surface area contributed by atoms with E-state index in [1.807, 2.05) is 12.1 Å². The number of anilines is 3. The van der Waals surface area contributed by atoms with Gasteiger partial charge in [0.05, 0.1) is 4.92 Å². The minimum absolute atomic E-state index is 0.0811. The summed E-state index contributed by atoms with van der Waals surface area (Å²) >= 11 is 0. The number of nitrogens with one attached hydrogen (secondary N) is 2. The van der Waals surface area contributed by atoms with Crippen LogP contribution < -0.4 is 16.4 Å². The maximum absolute atomic E-state index is 10.5. The Labute approximate surface area is 116 Å². The summed E-state index contributed by atoms with van der Waals surface area (Å²) in [6, 6.07) is 11.7. The quantitative estimate of drug-likeness (QED) is 0.423. The lowest BCUT2D eigenvalue weighted by Gasteiger charge is -2.08. The van der Waals surface area contributed by atoms with Gasteiger partial charge in [0, 0.05) is 30.9 Å². The fourth-order valence-corrected chi connectivity index (χ4v) is 1.65. The first-order chi connectivity index (χ1) is 9.65. The molecule has 0 fully saturated rings. The third kappa shape index (κ3) is 3.84. The van der Waals surface area contributed by atoms with Crippen molar-refractivity contribution in [1.82, 2.24) is 4.98 Å². The highest BCUT2D eigenvalue weighted by Gasteiger charge is 2.03. The highest BCUT2D eigenvalue weighted by molar-refractivity contribution is 5.49. The lowest BCUT2D eigenvalue weighted by atomic mass is 10.3. The van der Waals surface area contributed by atoms with Gasteiger partial charge in [-0.15, -0.1) is 0 Å². The van der Waals surface area contributed by atoms with Gasteiger partial charge < -0.3 is 16.4 Å². The lowest BCUT2D eigenvalue weighted by molar-refractivity contribution is -0.384. The zero-order valence-corrected chi connectivity index (χ0v) is 10.7. The predicted octanol–water partition coefficient (Wildman–Crippen LogP) is 2.10. The number of non-ortho nitro benzene ring substituents is 1. The molecule has 2 rings (SSSR count). The van der Waals surface area contributed by atoms with Crippen molar-refractivity contribution < 1.29 is 4.92 Å².